The molecule has 0 spiro atoms. The highest BCUT2D eigenvalue weighted by Crippen LogP contribution is 2.30. The molecule has 3 atom stereocenters. The normalized spacial score (nSPS) is 29.2. The van der Waals surface area contributed by atoms with Gasteiger partial charge in [-0.15, -0.1) is 0 Å². The monoisotopic (exact) mass is 242 g/mol. The van der Waals surface area contributed by atoms with E-state index in [1.807, 2.05) is 13.8 Å². The lowest BCUT2D eigenvalue weighted by molar-refractivity contribution is -0.122. The Labute approximate surface area is 102 Å². The average molecular weight is 242 g/mol. The third-order valence-corrected chi connectivity index (χ3v) is 3.13. The molecule has 0 bridgehead atoms. The Morgan fingerprint density at radius 1 is 1.29 bits per heavy atom. The maximum Gasteiger partial charge on any atom is 0.411 e. The van der Waals surface area contributed by atoms with Gasteiger partial charge >= 0.3 is 6.09 Å². The summed E-state index contributed by atoms with van der Waals surface area (Å²) in [5, 5.41) is 0. The van der Waals surface area contributed by atoms with Crippen molar-refractivity contribution in [2.75, 3.05) is 0 Å². The Bertz CT molecular complexity index is 322. The van der Waals surface area contributed by atoms with Crippen LogP contribution in [0.15, 0.2) is 0 Å². The lowest BCUT2D eigenvalue weighted by atomic mass is 10.0. The summed E-state index contributed by atoms with van der Waals surface area (Å²) in [5.41, 5.74) is 4.76. The zero-order valence-corrected chi connectivity index (χ0v) is 11.2. The largest absolute Gasteiger partial charge is 0.444 e. The molecular weight excluding hydrogens is 220 g/mol. The van der Waals surface area contributed by atoms with Crippen LogP contribution in [0.5, 0.6) is 0 Å². The molecule has 0 aromatic carbocycles. The van der Waals surface area contributed by atoms with E-state index in [1.54, 1.807) is 20.8 Å². The van der Waals surface area contributed by atoms with Crippen LogP contribution < -0.4 is 5.73 Å². The zero-order valence-electron chi connectivity index (χ0n) is 11.2. The Kier molecular flexibility index (Phi) is 3.69. The van der Waals surface area contributed by atoms with E-state index in [9.17, 15) is 9.59 Å². The second-order valence-corrected chi connectivity index (χ2v) is 5.76. The number of amides is 2. The van der Waals surface area contributed by atoms with E-state index >= 15 is 0 Å². The van der Waals surface area contributed by atoms with Gasteiger partial charge in [-0.3, -0.25) is 9.69 Å². The third kappa shape index (κ3) is 3.11. The highest BCUT2D eigenvalue weighted by atomic mass is 16.6. The fraction of sp³-hybridized carbons (Fsp3) is 0.833. The highest BCUT2D eigenvalue weighted by Gasteiger charge is 2.43. The van der Waals surface area contributed by atoms with Gasteiger partial charge in [0.15, 0.2) is 0 Å². The van der Waals surface area contributed by atoms with E-state index in [4.69, 9.17) is 10.5 Å². The maximum absolute atomic E-state index is 12.0. The third-order valence-electron chi connectivity index (χ3n) is 3.13. The van der Waals surface area contributed by atoms with Gasteiger partial charge in [0.2, 0.25) is 5.91 Å². The van der Waals surface area contributed by atoms with Crippen molar-refractivity contribution >= 4 is 12.0 Å². The summed E-state index contributed by atoms with van der Waals surface area (Å²) in [6, 6.07) is -0.572. The van der Waals surface area contributed by atoms with E-state index in [0.717, 1.165) is 0 Å². The van der Waals surface area contributed by atoms with Gasteiger partial charge in [-0.25, -0.2) is 4.79 Å². The molecule has 1 saturated heterocycles. The molecule has 0 aromatic rings. The van der Waals surface area contributed by atoms with Gasteiger partial charge in [0.1, 0.15) is 11.6 Å². The van der Waals surface area contributed by atoms with Gasteiger partial charge in [0.05, 0.1) is 0 Å². The quantitative estimate of drug-likeness (QED) is 0.757. The first-order valence-electron chi connectivity index (χ1n) is 5.94. The highest BCUT2D eigenvalue weighted by molar-refractivity contribution is 5.85. The van der Waals surface area contributed by atoms with E-state index < -0.39 is 23.6 Å². The van der Waals surface area contributed by atoms with Gasteiger partial charge in [-0.1, -0.05) is 6.92 Å². The summed E-state index contributed by atoms with van der Waals surface area (Å²) < 4.78 is 5.30. The molecule has 1 rings (SSSR count). The number of nitrogens with zero attached hydrogens (tertiary/aromatic N) is 1. The molecule has 2 amide bonds. The number of hydrogen-bond donors (Lipinski definition) is 1. The minimum absolute atomic E-state index is 0.0256. The molecule has 1 heterocycles. The molecule has 0 aromatic heterocycles. The van der Waals surface area contributed by atoms with Crippen molar-refractivity contribution in [3.05, 3.63) is 0 Å². The number of carbonyl (C=O) groups is 2. The van der Waals surface area contributed by atoms with E-state index in [2.05, 4.69) is 0 Å². The first-order chi connectivity index (χ1) is 7.63. The number of primary amides is 1. The van der Waals surface area contributed by atoms with Crippen LogP contribution in [-0.4, -0.2) is 34.6 Å². The smallest absolute Gasteiger partial charge is 0.411 e. The minimum atomic E-state index is -0.565. The summed E-state index contributed by atoms with van der Waals surface area (Å²) in [4.78, 5) is 24.8. The van der Waals surface area contributed by atoms with E-state index in [-0.39, 0.29) is 12.0 Å². The lowest BCUT2D eigenvalue weighted by Crippen LogP contribution is -2.48. The molecule has 0 aliphatic carbocycles. The van der Waals surface area contributed by atoms with Crippen molar-refractivity contribution in [2.45, 2.75) is 58.7 Å². The topological polar surface area (TPSA) is 72.6 Å². The molecule has 98 valence electrons. The van der Waals surface area contributed by atoms with Crippen molar-refractivity contribution < 1.29 is 14.3 Å². The van der Waals surface area contributed by atoms with Crippen LogP contribution in [0.2, 0.25) is 0 Å². The second-order valence-electron chi connectivity index (χ2n) is 5.76. The van der Waals surface area contributed by atoms with Gasteiger partial charge in [-0.2, -0.15) is 0 Å². The standard InChI is InChI=1S/C12H22N2O3/c1-7-6-9(10(13)15)14(8(7)2)11(16)17-12(3,4)5/h7-9H,6H2,1-5H3,(H2,13,15)/t7-,8-,9-/m0/s1. The fourth-order valence-electron chi connectivity index (χ4n) is 2.08. The van der Waals surface area contributed by atoms with Crippen LogP contribution in [0.1, 0.15) is 41.0 Å². The molecule has 2 N–H and O–H groups in total. The van der Waals surface area contributed by atoms with Crippen LogP contribution >= 0.6 is 0 Å². The van der Waals surface area contributed by atoms with Gasteiger partial charge in [0, 0.05) is 6.04 Å². The molecule has 1 aliphatic rings. The van der Waals surface area contributed by atoms with Crippen LogP contribution in [0, 0.1) is 5.92 Å². The minimum Gasteiger partial charge on any atom is -0.444 e. The zero-order chi connectivity index (χ0) is 13.4. The lowest BCUT2D eigenvalue weighted by Gasteiger charge is -2.30. The van der Waals surface area contributed by atoms with Gasteiger partial charge in [0.25, 0.3) is 0 Å². The average Bonchev–Trinajstić information content (AvgIpc) is 2.40. The maximum atomic E-state index is 12.0. The van der Waals surface area contributed by atoms with Crippen molar-refractivity contribution in [3.63, 3.8) is 0 Å². The predicted molar refractivity (Wildman–Crippen MR) is 64.3 cm³/mol. The first kappa shape index (κ1) is 13.8. The number of nitrogens with two attached hydrogens (primary N) is 1. The number of likely N-dealkylation sites (tertiary alicyclic amines) is 1. The molecule has 17 heavy (non-hydrogen) atoms. The molecule has 0 radical (unpaired) electrons. The molecule has 0 saturated carbocycles. The molecule has 1 fully saturated rings. The summed E-state index contributed by atoms with van der Waals surface area (Å²) in [6.45, 7) is 9.32. The first-order valence-corrected chi connectivity index (χ1v) is 5.94. The summed E-state index contributed by atoms with van der Waals surface area (Å²) in [5.74, 6) is -0.216. The summed E-state index contributed by atoms with van der Waals surface area (Å²) >= 11 is 0. The second kappa shape index (κ2) is 4.55. The number of hydrogen-bond acceptors (Lipinski definition) is 3. The Morgan fingerprint density at radius 3 is 2.24 bits per heavy atom. The SMILES string of the molecule is C[C@H]1C[C@@H](C(N)=O)N(C(=O)OC(C)(C)C)[C@H]1C. The molecule has 0 unspecified atom stereocenters. The van der Waals surface area contributed by atoms with E-state index in [0.29, 0.717) is 6.42 Å². The van der Waals surface area contributed by atoms with Crippen LogP contribution in [-0.2, 0) is 9.53 Å². The van der Waals surface area contributed by atoms with Crippen molar-refractivity contribution in [3.8, 4) is 0 Å². The summed E-state index contributed by atoms with van der Waals surface area (Å²) in [7, 11) is 0. The van der Waals surface area contributed by atoms with Crippen LogP contribution in [0.3, 0.4) is 0 Å². The number of carbonyl (C=O) groups excluding carboxylic acids is 2. The van der Waals surface area contributed by atoms with Gasteiger partial charge < -0.3 is 10.5 Å². The molecule has 5 nitrogen and oxygen atoms in total. The Morgan fingerprint density at radius 2 is 1.82 bits per heavy atom. The fourth-order valence-corrected chi connectivity index (χ4v) is 2.08. The Hall–Kier alpha value is -1.26. The van der Waals surface area contributed by atoms with Crippen LogP contribution in [0.4, 0.5) is 4.79 Å². The van der Waals surface area contributed by atoms with Crippen molar-refractivity contribution in [2.24, 2.45) is 11.7 Å². The molecule has 5 heteroatoms. The van der Waals surface area contributed by atoms with E-state index in [1.165, 1.54) is 4.90 Å². The molecular formula is C12H22N2O3. The Balaban J connectivity index is 2.85. The van der Waals surface area contributed by atoms with Crippen molar-refractivity contribution in [1.29, 1.82) is 0 Å². The number of rotatable bonds is 1. The van der Waals surface area contributed by atoms with Crippen LogP contribution in [0.25, 0.3) is 0 Å². The van der Waals surface area contributed by atoms with Crippen molar-refractivity contribution in [1.82, 2.24) is 4.90 Å². The number of ether oxygens (including phenoxy) is 1. The predicted octanol–water partition coefficient (Wildman–Crippen LogP) is 1.51. The summed E-state index contributed by atoms with van der Waals surface area (Å²) in [6.07, 6.45) is 0.147. The molecule has 1 aliphatic heterocycles. The van der Waals surface area contributed by atoms with Gasteiger partial charge in [-0.05, 0) is 40.0 Å².